The minimum Gasteiger partial charge on any atom is -0.435 e. The maximum absolute atomic E-state index is 14.6. The van der Waals surface area contributed by atoms with E-state index in [4.69, 9.17) is 17.2 Å². The standard InChI is InChI=1S/3C22H16F4N4O2.B/c3*1-30-19(31)22(29-21(30)27,13-3-6-15(7-4-13)32-20(25)26)14-5-8-17(23)16(10-14)12-2-9-18(24)28-11-12;/h3*2-11,20H,1H3,(H2,27,29);/t2*22-;;/m10../s1. The smallest absolute Gasteiger partial charge is 0.387 e. The van der Waals surface area contributed by atoms with Gasteiger partial charge in [-0.15, -0.1) is 0 Å². The molecule has 3 amide bonds. The van der Waals surface area contributed by atoms with Gasteiger partial charge < -0.3 is 31.4 Å². The van der Waals surface area contributed by atoms with Crippen molar-refractivity contribution in [2.75, 3.05) is 21.1 Å². The van der Waals surface area contributed by atoms with Crippen molar-refractivity contribution >= 4 is 44.0 Å². The van der Waals surface area contributed by atoms with Crippen LogP contribution in [0.5, 0.6) is 17.2 Å². The summed E-state index contributed by atoms with van der Waals surface area (Å²) < 4.78 is 172. The van der Waals surface area contributed by atoms with Crippen molar-refractivity contribution in [3.05, 3.63) is 251 Å². The Balaban J connectivity index is 0.000000170. The molecule has 0 aliphatic carbocycles. The van der Waals surface area contributed by atoms with E-state index in [0.29, 0.717) is 16.7 Å². The van der Waals surface area contributed by atoms with E-state index < -0.39 is 89.5 Å². The number of hydrogen-bond acceptors (Lipinski definition) is 15. The molecule has 31 heteroatoms. The molecule has 3 aromatic heterocycles. The molecule has 1 unspecified atom stereocenters. The lowest BCUT2D eigenvalue weighted by Crippen LogP contribution is -2.41. The fourth-order valence-electron chi connectivity index (χ4n) is 10.7. The number of amides is 3. The number of nitrogens with zero attached hydrogens (tertiary/aromatic N) is 9. The molecule has 3 radical (unpaired) electrons. The first-order valence-electron chi connectivity index (χ1n) is 28.0. The number of nitrogens with two attached hydrogens (primary N) is 3. The number of ether oxygens (including phenoxy) is 3. The fraction of sp³-hybridized carbons (Fsp3) is 0.136. The number of alkyl halides is 6. The molecule has 3 aliphatic rings. The van der Waals surface area contributed by atoms with Gasteiger partial charge in [-0.25, -0.2) is 43.1 Å². The molecule has 0 saturated carbocycles. The summed E-state index contributed by atoms with van der Waals surface area (Å²) in [6.45, 7) is -9.02. The molecule has 6 aromatic carbocycles. The zero-order valence-electron chi connectivity index (χ0n) is 50.4. The van der Waals surface area contributed by atoms with Crippen LogP contribution in [-0.4, -0.2) is 115 Å². The number of likely N-dealkylation sites (N-methyl/N-ethyl adjacent to an activating group) is 3. The second-order valence-corrected chi connectivity index (χ2v) is 21.0. The number of guanidine groups is 3. The van der Waals surface area contributed by atoms with E-state index in [1.807, 2.05) is 0 Å². The molecule has 3 aliphatic heterocycles. The Kier molecular flexibility index (Phi) is 20.1. The summed E-state index contributed by atoms with van der Waals surface area (Å²) in [5.74, 6) is -6.12. The van der Waals surface area contributed by atoms with Gasteiger partial charge in [-0.1, -0.05) is 54.6 Å². The van der Waals surface area contributed by atoms with E-state index in [1.54, 1.807) is 0 Å². The number of carbonyl (C=O) groups is 3. The van der Waals surface area contributed by atoms with Crippen molar-refractivity contribution in [2.45, 2.75) is 36.5 Å². The van der Waals surface area contributed by atoms with E-state index in [2.05, 4.69) is 44.1 Å². The molecular formula is C66H48BF12N12O6. The third-order valence-corrected chi connectivity index (χ3v) is 15.5. The fourth-order valence-corrected chi connectivity index (χ4v) is 10.7. The molecule has 6 N–H and O–H groups in total. The van der Waals surface area contributed by atoms with Crippen LogP contribution in [0.2, 0.25) is 0 Å². The lowest BCUT2D eigenvalue weighted by Gasteiger charge is -2.27. The molecule has 495 valence electrons. The van der Waals surface area contributed by atoms with Crippen LogP contribution in [0, 0.1) is 35.3 Å². The Morgan fingerprint density at radius 1 is 0.351 bits per heavy atom. The van der Waals surface area contributed by atoms with E-state index in [9.17, 15) is 67.1 Å². The van der Waals surface area contributed by atoms with E-state index in [-0.39, 0.29) is 93.6 Å². The van der Waals surface area contributed by atoms with Crippen LogP contribution in [-0.2, 0) is 31.0 Å². The lowest BCUT2D eigenvalue weighted by atomic mass is 9.81. The lowest BCUT2D eigenvalue weighted by molar-refractivity contribution is -0.130. The van der Waals surface area contributed by atoms with Crippen molar-refractivity contribution in [3.63, 3.8) is 0 Å². The van der Waals surface area contributed by atoms with Gasteiger partial charge in [-0.3, -0.25) is 29.1 Å². The van der Waals surface area contributed by atoms with E-state index in [0.717, 1.165) is 51.1 Å². The van der Waals surface area contributed by atoms with E-state index >= 15 is 0 Å². The first-order valence-corrected chi connectivity index (χ1v) is 28.0. The van der Waals surface area contributed by atoms with Crippen LogP contribution in [0.15, 0.2) is 197 Å². The number of carbonyl (C=O) groups excluding carboxylic acids is 3. The summed E-state index contributed by atoms with van der Waals surface area (Å²) in [7, 11) is 4.31. The third-order valence-electron chi connectivity index (χ3n) is 15.5. The van der Waals surface area contributed by atoms with Gasteiger partial charge in [0.15, 0.2) is 34.5 Å². The van der Waals surface area contributed by atoms with Crippen LogP contribution < -0.4 is 31.4 Å². The van der Waals surface area contributed by atoms with Crippen molar-refractivity contribution in [1.82, 2.24) is 29.7 Å². The molecule has 18 nitrogen and oxygen atoms in total. The third kappa shape index (κ3) is 13.6. The Labute approximate surface area is 544 Å². The molecule has 3 atom stereocenters. The second kappa shape index (κ2) is 28.0. The Morgan fingerprint density at radius 3 is 0.763 bits per heavy atom. The van der Waals surface area contributed by atoms with Gasteiger partial charge >= 0.3 is 19.8 Å². The molecule has 0 fully saturated rings. The monoisotopic (exact) mass is 1340 g/mol. The molecule has 12 rings (SSSR count). The maximum Gasteiger partial charge on any atom is 0.387 e. The zero-order valence-corrected chi connectivity index (χ0v) is 50.4. The highest BCUT2D eigenvalue weighted by molar-refractivity contribution is 6.11. The Morgan fingerprint density at radius 2 is 0.577 bits per heavy atom. The minimum absolute atomic E-state index is 0. The quantitative estimate of drug-likeness (QED) is 0.0493. The van der Waals surface area contributed by atoms with Crippen LogP contribution in [0.4, 0.5) is 52.7 Å². The Hall–Kier alpha value is -11.8. The second-order valence-electron chi connectivity index (χ2n) is 21.0. The number of rotatable bonds is 15. The van der Waals surface area contributed by atoms with Gasteiger partial charge in [-0.05, 0) is 143 Å². The van der Waals surface area contributed by atoms with Crippen LogP contribution in [0.1, 0.15) is 33.4 Å². The maximum atomic E-state index is 14.6. The SMILES string of the molecule is CN1C(=O)C(c2ccc(OC(F)F)cc2)(c2ccc(F)c(-c3ccc(F)nc3)c2)N=C1N.CN1C(=O)[C@@](c2ccc(OC(F)F)cc2)(c2ccc(F)c(-c3ccc(F)nc3)c2)N=C1N.CN1C(=O)[C@](c2ccc(OC(F)F)cc2)(c2ccc(F)c(-c3ccc(F)nc3)c2)N=C1N.[B]. The highest BCUT2D eigenvalue weighted by Crippen LogP contribution is 2.45. The summed E-state index contributed by atoms with van der Waals surface area (Å²) in [5.41, 5.74) is 15.5. The summed E-state index contributed by atoms with van der Waals surface area (Å²) in [4.78, 5) is 67.1. The topological polar surface area (TPSA) is 242 Å². The molecule has 0 bridgehead atoms. The van der Waals surface area contributed by atoms with Gasteiger partial charge in [0.25, 0.3) is 17.7 Å². The molecule has 6 heterocycles. The number of aliphatic imine (C=N–C) groups is 3. The number of halogens is 12. The van der Waals surface area contributed by atoms with Gasteiger partial charge in [0.1, 0.15) is 34.7 Å². The molecule has 0 spiro atoms. The highest BCUT2D eigenvalue weighted by Gasteiger charge is 2.52. The summed E-state index contributed by atoms with van der Waals surface area (Å²) in [5, 5.41) is 0. The summed E-state index contributed by atoms with van der Waals surface area (Å²) in [6.07, 6.45) is 3.50. The van der Waals surface area contributed by atoms with Crippen molar-refractivity contribution in [3.8, 4) is 50.6 Å². The number of pyridine rings is 3. The minimum atomic E-state index is -3.01. The van der Waals surface area contributed by atoms with Crippen molar-refractivity contribution in [1.29, 1.82) is 0 Å². The number of hydrogen-bond donors (Lipinski definition) is 3. The largest absolute Gasteiger partial charge is 0.435 e. The number of benzene rings is 6. The van der Waals surface area contributed by atoms with Crippen LogP contribution >= 0.6 is 0 Å². The number of aromatic nitrogens is 3. The first-order chi connectivity index (χ1) is 45.7. The van der Waals surface area contributed by atoms with Gasteiger partial charge in [0.05, 0.1) is 0 Å². The summed E-state index contributed by atoms with van der Waals surface area (Å²) in [6, 6.07) is 35.2. The zero-order chi connectivity index (χ0) is 69.1. The van der Waals surface area contributed by atoms with Crippen molar-refractivity contribution < 1.29 is 81.3 Å². The van der Waals surface area contributed by atoms with Crippen LogP contribution in [0.3, 0.4) is 0 Å². The molecular weight excluding hydrogens is 1300 g/mol. The average Bonchev–Trinajstić information content (AvgIpc) is 1.65. The summed E-state index contributed by atoms with van der Waals surface area (Å²) >= 11 is 0. The average molecular weight is 1340 g/mol. The highest BCUT2D eigenvalue weighted by atomic mass is 19.3. The van der Waals surface area contributed by atoms with Gasteiger partial charge in [0, 0.05) is 81.5 Å². The van der Waals surface area contributed by atoms with Gasteiger partial charge in [-0.2, -0.15) is 39.5 Å². The first kappa shape index (κ1) is 69.6. The molecule has 9 aromatic rings. The van der Waals surface area contributed by atoms with Gasteiger partial charge in [0.2, 0.25) is 17.8 Å². The molecule has 97 heavy (non-hydrogen) atoms. The predicted molar refractivity (Wildman–Crippen MR) is 329 cm³/mol. The Bertz CT molecular complexity index is 4060. The normalized spacial score (nSPS) is 18.1. The predicted octanol–water partition coefficient (Wildman–Crippen LogP) is 10.6. The van der Waals surface area contributed by atoms with Crippen LogP contribution in [0.25, 0.3) is 33.4 Å². The van der Waals surface area contributed by atoms with E-state index in [1.165, 1.54) is 167 Å². The van der Waals surface area contributed by atoms with Crippen molar-refractivity contribution in [2.24, 2.45) is 32.2 Å². The molecule has 0 saturated heterocycles.